The van der Waals surface area contributed by atoms with Crippen LogP contribution in [0.25, 0.3) is 55.6 Å². The lowest BCUT2D eigenvalue weighted by Crippen LogP contribution is -2.30. The van der Waals surface area contributed by atoms with Gasteiger partial charge < -0.3 is 0 Å². The molecule has 1 atom stereocenters. The van der Waals surface area contributed by atoms with Crippen molar-refractivity contribution in [3.05, 3.63) is 167 Å². The number of rotatable bonds is 5. The maximum absolute atomic E-state index is 5.24. The Kier molecular flexibility index (Phi) is 7.32. The zero-order chi connectivity index (χ0) is 30.9. The summed E-state index contributed by atoms with van der Waals surface area (Å²) in [5.74, 6) is 0.999. The molecule has 7 aromatic carbocycles. The Bertz CT molecular complexity index is 2450. The molecule has 8 rings (SSSR count). The summed E-state index contributed by atoms with van der Waals surface area (Å²) in [6, 6.07) is 52.3. The van der Waals surface area contributed by atoms with Crippen molar-refractivity contribution in [2.75, 3.05) is 0 Å². The Balaban J connectivity index is 1.13. The maximum Gasteiger partial charge on any atom is 0.131 e. The molecule has 7 aromatic rings. The van der Waals surface area contributed by atoms with Gasteiger partial charge in [-0.2, -0.15) is 0 Å². The molecular weight excluding hydrogens is 556 g/mol. The molecule has 2 heteroatoms. The van der Waals surface area contributed by atoms with Crippen molar-refractivity contribution in [1.29, 1.82) is 0 Å². The van der Waals surface area contributed by atoms with Gasteiger partial charge in [0, 0.05) is 11.6 Å². The molecule has 0 saturated heterocycles. The Morgan fingerprint density at radius 3 is 1.89 bits per heavy atom. The standard InChI is InChI=1S/C44H34N2/c1-30(35-18-20-41-27-42(22-21-39(41)25-35)40-19-16-33-9-3-6-12-37(33)26-40)46-44(43-23-17-34-10-4-7-13-38(34)28-43)45-29-31-14-15-32-8-2-5-11-36(32)24-31/h2-22,24-28,43H,23,29H2,1H3/b45-44-,46-30+. The molecule has 1 unspecified atom stereocenters. The number of fused-ring (bicyclic) bond motifs is 4. The van der Waals surface area contributed by atoms with E-state index in [1.165, 1.54) is 59.4 Å². The smallest absolute Gasteiger partial charge is 0.131 e. The van der Waals surface area contributed by atoms with Crippen LogP contribution >= 0.6 is 0 Å². The fourth-order valence-electron chi connectivity index (χ4n) is 6.57. The molecule has 0 aliphatic heterocycles. The van der Waals surface area contributed by atoms with E-state index in [1.54, 1.807) is 0 Å². The zero-order valence-corrected chi connectivity index (χ0v) is 25.9. The van der Waals surface area contributed by atoms with Gasteiger partial charge in [0.1, 0.15) is 5.84 Å². The van der Waals surface area contributed by atoms with Crippen LogP contribution in [0.5, 0.6) is 0 Å². The van der Waals surface area contributed by atoms with Gasteiger partial charge in [-0.15, -0.1) is 0 Å². The fraction of sp³-hybridized carbons (Fsp3) is 0.0909. The first-order valence-electron chi connectivity index (χ1n) is 16.0. The molecule has 0 radical (unpaired) electrons. The van der Waals surface area contributed by atoms with Crippen molar-refractivity contribution in [1.82, 2.24) is 0 Å². The van der Waals surface area contributed by atoms with Crippen LogP contribution in [-0.4, -0.2) is 11.5 Å². The highest BCUT2D eigenvalue weighted by molar-refractivity contribution is 6.09. The van der Waals surface area contributed by atoms with Crippen LogP contribution in [0, 0.1) is 5.92 Å². The quantitative estimate of drug-likeness (QED) is 0.141. The number of benzene rings is 7. The van der Waals surface area contributed by atoms with Gasteiger partial charge in [-0.05, 0) is 103 Å². The monoisotopic (exact) mass is 590 g/mol. The van der Waals surface area contributed by atoms with Crippen molar-refractivity contribution in [3.63, 3.8) is 0 Å². The minimum Gasteiger partial charge on any atom is -0.265 e. The highest BCUT2D eigenvalue weighted by atomic mass is 14.9. The van der Waals surface area contributed by atoms with Gasteiger partial charge in [0.2, 0.25) is 0 Å². The van der Waals surface area contributed by atoms with Crippen LogP contribution in [0.4, 0.5) is 0 Å². The van der Waals surface area contributed by atoms with E-state index in [0.717, 1.165) is 23.5 Å². The molecule has 0 N–H and O–H groups in total. The van der Waals surface area contributed by atoms with E-state index in [1.807, 2.05) is 0 Å². The second-order valence-corrected chi connectivity index (χ2v) is 12.2. The molecule has 46 heavy (non-hydrogen) atoms. The van der Waals surface area contributed by atoms with Gasteiger partial charge in [0.15, 0.2) is 0 Å². The number of hydrogen-bond acceptors (Lipinski definition) is 1. The molecular formula is C44H34N2. The van der Waals surface area contributed by atoms with Crippen molar-refractivity contribution in [3.8, 4) is 11.1 Å². The first kappa shape index (κ1) is 27.9. The summed E-state index contributed by atoms with van der Waals surface area (Å²) in [7, 11) is 0. The largest absolute Gasteiger partial charge is 0.265 e. The Hall–Kier alpha value is -5.60. The number of hydrogen-bond donors (Lipinski definition) is 0. The molecule has 0 amide bonds. The second kappa shape index (κ2) is 12.1. The van der Waals surface area contributed by atoms with Crippen LogP contribution in [0.15, 0.2) is 156 Å². The topological polar surface area (TPSA) is 24.7 Å². The summed E-state index contributed by atoms with van der Waals surface area (Å²) < 4.78 is 0. The SMILES string of the molecule is C/C(=N\C(=N/Cc1ccc2ccccc2c1)C1C=c2ccccc2=CC1)c1ccc2cc(-c3ccc4ccccc4c3)ccc2c1. The van der Waals surface area contributed by atoms with Gasteiger partial charge in [0.05, 0.1) is 6.54 Å². The Morgan fingerprint density at radius 1 is 0.565 bits per heavy atom. The lowest BCUT2D eigenvalue weighted by molar-refractivity contribution is 0.905. The van der Waals surface area contributed by atoms with Crippen molar-refractivity contribution < 1.29 is 0 Å². The third kappa shape index (κ3) is 5.66. The lowest BCUT2D eigenvalue weighted by Gasteiger charge is -2.16. The Labute approximate surface area is 269 Å². The molecule has 2 nitrogen and oxygen atoms in total. The number of amidine groups is 1. The van der Waals surface area contributed by atoms with E-state index < -0.39 is 0 Å². The van der Waals surface area contributed by atoms with Crippen molar-refractivity contribution >= 4 is 56.0 Å². The normalized spacial score (nSPS) is 15.0. The molecule has 220 valence electrons. The third-order valence-corrected chi connectivity index (χ3v) is 9.16. The van der Waals surface area contributed by atoms with E-state index in [2.05, 4.69) is 165 Å². The summed E-state index contributed by atoms with van der Waals surface area (Å²) in [6.07, 6.45) is 5.54. The van der Waals surface area contributed by atoms with Crippen LogP contribution in [0.2, 0.25) is 0 Å². The zero-order valence-electron chi connectivity index (χ0n) is 25.9. The van der Waals surface area contributed by atoms with Crippen LogP contribution in [0.3, 0.4) is 0 Å². The van der Waals surface area contributed by atoms with Gasteiger partial charge in [-0.25, -0.2) is 4.99 Å². The molecule has 1 aliphatic carbocycles. The molecule has 0 aromatic heterocycles. The van der Waals surface area contributed by atoms with Gasteiger partial charge in [0.25, 0.3) is 0 Å². The maximum atomic E-state index is 5.24. The van der Waals surface area contributed by atoms with Crippen LogP contribution in [0.1, 0.15) is 24.5 Å². The summed E-state index contributed by atoms with van der Waals surface area (Å²) >= 11 is 0. The molecule has 0 bridgehead atoms. The van der Waals surface area contributed by atoms with E-state index in [9.17, 15) is 0 Å². The molecule has 0 spiro atoms. The highest BCUT2D eigenvalue weighted by Crippen LogP contribution is 2.28. The highest BCUT2D eigenvalue weighted by Gasteiger charge is 2.16. The molecule has 0 fully saturated rings. The van der Waals surface area contributed by atoms with E-state index in [0.29, 0.717) is 6.54 Å². The van der Waals surface area contributed by atoms with E-state index >= 15 is 0 Å². The van der Waals surface area contributed by atoms with Crippen LogP contribution < -0.4 is 10.4 Å². The minimum absolute atomic E-state index is 0.121. The average Bonchev–Trinajstić information content (AvgIpc) is 3.12. The summed E-state index contributed by atoms with van der Waals surface area (Å²) in [4.78, 5) is 10.4. The fourth-order valence-corrected chi connectivity index (χ4v) is 6.57. The van der Waals surface area contributed by atoms with Gasteiger partial charge in [-0.3, -0.25) is 4.99 Å². The summed E-state index contributed by atoms with van der Waals surface area (Å²) in [5.41, 5.74) is 5.74. The molecule has 1 aliphatic rings. The summed E-state index contributed by atoms with van der Waals surface area (Å²) in [6.45, 7) is 2.70. The first-order valence-corrected chi connectivity index (χ1v) is 16.0. The second-order valence-electron chi connectivity index (χ2n) is 12.2. The van der Waals surface area contributed by atoms with E-state index in [-0.39, 0.29) is 5.92 Å². The summed E-state index contributed by atoms with van der Waals surface area (Å²) in [5, 5.41) is 9.97. The molecule has 0 saturated carbocycles. The number of aliphatic imine (C=N–C) groups is 2. The van der Waals surface area contributed by atoms with E-state index in [4.69, 9.17) is 9.98 Å². The Morgan fingerprint density at radius 2 is 1.13 bits per heavy atom. The number of nitrogens with zero attached hydrogens (tertiary/aromatic N) is 2. The van der Waals surface area contributed by atoms with Gasteiger partial charge >= 0.3 is 0 Å². The lowest BCUT2D eigenvalue weighted by atomic mass is 9.95. The first-order chi connectivity index (χ1) is 22.7. The minimum atomic E-state index is 0.121. The van der Waals surface area contributed by atoms with Crippen molar-refractivity contribution in [2.45, 2.75) is 19.9 Å². The van der Waals surface area contributed by atoms with Crippen LogP contribution in [-0.2, 0) is 6.54 Å². The molecule has 0 heterocycles. The predicted molar refractivity (Wildman–Crippen MR) is 197 cm³/mol. The average molecular weight is 591 g/mol. The van der Waals surface area contributed by atoms with Gasteiger partial charge in [-0.1, -0.05) is 133 Å². The third-order valence-electron chi connectivity index (χ3n) is 9.16. The predicted octanol–water partition coefficient (Wildman–Crippen LogP) is 9.50. The van der Waals surface area contributed by atoms with Crippen molar-refractivity contribution in [2.24, 2.45) is 15.9 Å².